The zero-order chi connectivity index (χ0) is 21.1. The second kappa shape index (κ2) is 8.65. The Balaban J connectivity index is 1.82. The van der Waals surface area contributed by atoms with E-state index in [2.05, 4.69) is 25.8 Å². The third-order valence-electron chi connectivity index (χ3n) is 4.60. The summed E-state index contributed by atoms with van der Waals surface area (Å²) in [6, 6.07) is 12.7. The topological polar surface area (TPSA) is 70.5 Å². The highest BCUT2D eigenvalue weighted by molar-refractivity contribution is 9.10. The molecule has 1 heterocycles. The average molecular weight is 458 g/mol. The van der Waals surface area contributed by atoms with E-state index in [-0.39, 0.29) is 11.9 Å². The van der Waals surface area contributed by atoms with Gasteiger partial charge < -0.3 is 19.7 Å². The Kier molecular flexibility index (Phi) is 6.22. The monoisotopic (exact) mass is 457 g/mol. The van der Waals surface area contributed by atoms with Crippen LogP contribution in [0.15, 0.2) is 46.9 Å². The van der Waals surface area contributed by atoms with Crippen molar-refractivity contribution in [3.63, 3.8) is 0 Å². The Morgan fingerprint density at radius 3 is 2.55 bits per heavy atom. The Bertz CT molecular complexity index is 1060. The zero-order valence-corrected chi connectivity index (χ0v) is 18.5. The molecule has 3 rings (SSSR count). The van der Waals surface area contributed by atoms with Crippen LogP contribution in [-0.2, 0) is 13.1 Å². The molecule has 0 unspecified atom stereocenters. The molecule has 0 aliphatic carbocycles. The molecule has 3 aromatic rings. The second-order valence-corrected chi connectivity index (χ2v) is 7.89. The lowest BCUT2D eigenvalue weighted by molar-refractivity contribution is 0.0827. The number of aromatic nitrogens is 2. The van der Waals surface area contributed by atoms with Crippen LogP contribution in [0.3, 0.4) is 0 Å². The summed E-state index contributed by atoms with van der Waals surface area (Å²) in [7, 11) is 5.18. The van der Waals surface area contributed by atoms with Gasteiger partial charge in [-0.05, 0) is 43.3 Å². The number of nitrogens with one attached hydrogen (secondary N) is 1. The van der Waals surface area contributed by atoms with Crippen molar-refractivity contribution in [3.05, 3.63) is 58.3 Å². The molecule has 0 atom stereocenters. The fourth-order valence-electron chi connectivity index (χ4n) is 3.11. The minimum absolute atomic E-state index is 0.0648. The minimum atomic E-state index is -0.221. The highest BCUT2D eigenvalue weighted by Crippen LogP contribution is 2.20. The molecule has 0 aliphatic heterocycles. The molecule has 3 amide bonds. The van der Waals surface area contributed by atoms with Crippen molar-refractivity contribution in [2.24, 2.45) is 0 Å². The fraction of sp³-hybridized carbons (Fsp3) is 0.286. The first kappa shape index (κ1) is 20.9. The first-order valence-corrected chi connectivity index (χ1v) is 10.1. The Morgan fingerprint density at radius 2 is 1.90 bits per heavy atom. The summed E-state index contributed by atoms with van der Waals surface area (Å²) < 4.78 is 2.95. The molecule has 7 nitrogen and oxygen atoms in total. The molecule has 0 fully saturated rings. The largest absolute Gasteiger partial charge is 0.345 e. The lowest BCUT2D eigenvalue weighted by Crippen LogP contribution is -2.31. The van der Waals surface area contributed by atoms with Crippen molar-refractivity contribution in [1.29, 1.82) is 0 Å². The van der Waals surface area contributed by atoms with Crippen LogP contribution < -0.4 is 5.32 Å². The highest BCUT2D eigenvalue weighted by Gasteiger charge is 2.17. The van der Waals surface area contributed by atoms with Crippen molar-refractivity contribution in [2.45, 2.75) is 20.0 Å². The molecule has 0 saturated carbocycles. The number of urea groups is 1. The van der Waals surface area contributed by atoms with Crippen LogP contribution in [0.1, 0.15) is 23.1 Å². The average Bonchev–Trinajstić information content (AvgIpc) is 3.03. The molecule has 2 aromatic carbocycles. The Hall–Kier alpha value is -2.87. The Labute approximate surface area is 178 Å². The number of aryl methyl sites for hydroxylation is 1. The molecule has 152 valence electrons. The quantitative estimate of drug-likeness (QED) is 0.624. The summed E-state index contributed by atoms with van der Waals surface area (Å²) >= 11 is 3.40. The van der Waals surface area contributed by atoms with Crippen LogP contribution in [0.25, 0.3) is 11.0 Å². The normalized spacial score (nSPS) is 10.8. The van der Waals surface area contributed by atoms with Crippen molar-refractivity contribution >= 4 is 44.6 Å². The number of hydrogen-bond donors (Lipinski definition) is 1. The van der Waals surface area contributed by atoms with E-state index >= 15 is 0 Å². The van der Waals surface area contributed by atoms with Gasteiger partial charge >= 0.3 is 6.03 Å². The molecule has 29 heavy (non-hydrogen) atoms. The lowest BCUT2D eigenvalue weighted by Gasteiger charge is -2.18. The third kappa shape index (κ3) is 4.59. The van der Waals surface area contributed by atoms with E-state index in [1.54, 1.807) is 37.0 Å². The lowest BCUT2D eigenvalue weighted by atomic mass is 10.2. The van der Waals surface area contributed by atoms with E-state index in [0.29, 0.717) is 24.3 Å². The van der Waals surface area contributed by atoms with Crippen LogP contribution in [0.4, 0.5) is 10.5 Å². The maximum atomic E-state index is 12.6. The highest BCUT2D eigenvalue weighted by atomic mass is 79.9. The standard InChI is InChI=1S/C21H24BrN5O2/c1-5-27-18-10-9-14(20(28)25(2)3)11-17(18)24-19(27)13-26(4)21(29)23-16-8-6-7-15(22)12-16/h6-12H,5,13H2,1-4H3,(H,23,29). The predicted octanol–water partition coefficient (Wildman–Crippen LogP) is 4.18. The summed E-state index contributed by atoms with van der Waals surface area (Å²) in [4.78, 5) is 32.6. The third-order valence-corrected chi connectivity index (χ3v) is 5.09. The molecule has 0 saturated heterocycles. The van der Waals surface area contributed by atoms with Gasteiger partial charge in [0.1, 0.15) is 5.82 Å². The zero-order valence-electron chi connectivity index (χ0n) is 16.9. The molecule has 0 aliphatic rings. The molecule has 0 radical (unpaired) electrons. The van der Waals surface area contributed by atoms with Crippen LogP contribution >= 0.6 is 15.9 Å². The first-order chi connectivity index (χ1) is 13.8. The summed E-state index contributed by atoms with van der Waals surface area (Å²) in [6.45, 7) is 3.10. The number of rotatable bonds is 5. The number of hydrogen-bond acceptors (Lipinski definition) is 3. The molecular formula is C21H24BrN5O2. The van der Waals surface area contributed by atoms with E-state index in [4.69, 9.17) is 4.98 Å². The van der Waals surface area contributed by atoms with E-state index < -0.39 is 0 Å². The van der Waals surface area contributed by atoms with Gasteiger partial charge in [0, 0.05) is 43.4 Å². The first-order valence-electron chi connectivity index (χ1n) is 9.28. The van der Waals surface area contributed by atoms with Gasteiger partial charge in [-0.2, -0.15) is 0 Å². The molecule has 1 aromatic heterocycles. The van der Waals surface area contributed by atoms with Gasteiger partial charge in [-0.3, -0.25) is 4.79 Å². The van der Waals surface area contributed by atoms with Gasteiger partial charge in [-0.25, -0.2) is 9.78 Å². The maximum absolute atomic E-state index is 12.6. The molecule has 8 heteroatoms. The van der Waals surface area contributed by atoms with Gasteiger partial charge in [0.15, 0.2) is 0 Å². The van der Waals surface area contributed by atoms with Crippen LogP contribution in [-0.4, -0.2) is 52.4 Å². The Morgan fingerprint density at radius 1 is 1.14 bits per heavy atom. The fourth-order valence-corrected chi connectivity index (χ4v) is 3.51. The summed E-state index contributed by atoms with van der Waals surface area (Å²) in [5.41, 5.74) is 3.00. The van der Waals surface area contributed by atoms with E-state index in [9.17, 15) is 9.59 Å². The van der Waals surface area contributed by atoms with E-state index in [1.807, 2.05) is 43.3 Å². The van der Waals surface area contributed by atoms with Crippen molar-refractivity contribution < 1.29 is 9.59 Å². The number of fused-ring (bicyclic) bond motifs is 1. The van der Waals surface area contributed by atoms with Gasteiger partial charge in [0.2, 0.25) is 0 Å². The number of anilines is 1. The van der Waals surface area contributed by atoms with Crippen molar-refractivity contribution in [2.75, 3.05) is 26.5 Å². The van der Waals surface area contributed by atoms with Gasteiger partial charge in [-0.15, -0.1) is 0 Å². The van der Waals surface area contributed by atoms with Gasteiger partial charge in [-0.1, -0.05) is 22.0 Å². The SMILES string of the molecule is CCn1c(CN(C)C(=O)Nc2cccc(Br)c2)nc2cc(C(=O)N(C)C)ccc21. The molecular weight excluding hydrogens is 434 g/mol. The van der Waals surface area contributed by atoms with Crippen molar-refractivity contribution in [3.8, 4) is 0 Å². The predicted molar refractivity (Wildman–Crippen MR) is 118 cm³/mol. The molecule has 0 bridgehead atoms. The number of carbonyl (C=O) groups excluding carboxylic acids is 2. The van der Waals surface area contributed by atoms with Gasteiger partial charge in [0.25, 0.3) is 5.91 Å². The minimum Gasteiger partial charge on any atom is -0.345 e. The van der Waals surface area contributed by atoms with E-state index in [1.165, 1.54) is 0 Å². The van der Waals surface area contributed by atoms with Gasteiger partial charge in [0.05, 0.1) is 17.6 Å². The smallest absolute Gasteiger partial charge is 0.321 e. The number of carbonyl (C=O) groups is 2. The maximum Gasteiger partial charge on any atom is 0.321 e. The number of nitrogens with zero attached hydrogens (tertiary/aromatic N) is 4. The van der Waals surface area contributed by atoms with Crippen LogP contribution in [0.2, 0.25) is 0 Å². The molecule has 0 spiro atoms. The van der Waals surface area contributed by atoms with E-state index in [0.717, 1.165) is 21.3 Å². The second-order valence-electron chi connectivity index (χ2n) is 6.97. The van der Waals surface area contributed by atoms with Crippen molar-refractivity contribution in [1.82, 2.24) is 19.4 Å². The summed E-state index contributed by atoms with van der Waals surface area (Å²) in [6.07, 6.45) is 0. The molecule has 1 N–H and O–H groups in total. The summed E-state index contributed by atoms with van der Waals surface area (Å²) in [5, 5.41) is 2.88. The number of benzene rings is 2. The summed E-state index contributed by atoms with van der Waals surface area (Å²) in [5.74, 6) is 0.703. The van der Waals surface area contributed by atoms with Crippen LogP contribution in [0.5, 0.6) is 0 Å². The number of amides is 3. The number of halogens is 1. The van der Waals surface area contributed by atoms with Crippen LogP contribution in [0, 0.1) is 0 Å². The number of imidazole rings is 1.